The smallest absolute Gasteiger partial charge is 0.243 e. The fourth-order valence-corrected chi connectivity index (χ4v) is 3.47. The molecule has 0 spiro atoms. The van der Waals surface area contributed by atoms with Gasteiger partial charge in [0.1, 0.15) is 10.7 Å². The molecule has 0 amide bonds. The van der Waals surface area contributed by atoms with Crippen molar-refractivity contribution in [3.63, 3.8) is 0 Å². The fourth-order valence-electron chi connectivity index (χ4n) is 2.11. The summed E-state index contributed by atoms with van der Waals surface area (Å²) in [4.78, 5) is -0.583. The third-order valence-electron chi connectivity index (χ3n) is 3.39. The zero-order valence-electron chi connectivity index (χ0n) is 10.9. The SMILES string of the molecule is COC1CC(NS(=O)(=O)c2ccc(F)c(CN)c2F)C1. The number of sulfonamides is 1. The molecular formula is C12H16F2N2O3S. The number of hydrogen-bond donors (Lipinski definition) is 2. The summed E-state index contributed by atoms with van der Waals surface area (Å²) in [5, 5.41) is 0. The maximum absolute atomic E-state index is 14.0. The van der Waals surface area contributed by atoms with Crippen LogP contribution in [-0.4, -0.2) is 27.7 Å². The molecule has 112 valence electrons. The second-order valence-corrected chi connectivity index (χ2v) is 6.37. The van der Waals surface area contributed by atoms with Crippen molar-refractivity contribution in [2.24, 2.45) is 5.73 Å². The maximum atomic E-state index is 14.0. The zero-order chi connectivity index (χ0) is 14.9. The number of rotatable bonds is 5. The third kappa shape index (κ3) is 2.83. The molecule has 1 aromatic rings. The summed E-state index contributed by atoms with van der Waals surface area (Å²) in [6.45, 7) is -0.407. The zero-order valence-corrected chi connectivity index (χ0v) is 11.7. The van der Waals surface area contributed by atoms with E-state index >= 15 is 0 Å². The van der Waals surface area contributed by atoms with E-state index in [1.54, 1.807) is 7.11 Å². The molecule has 1 aliphatic rings. The molecule has 0 bridgehead atoms. The molecule has 1 aromatic carbocycles. The summed E-state index contributed by atoms with van der Waals surface area (Å²) in [7, 11) is -2.49. The van der Waals surface area contributed by atoms with E-state index in [1.807, 2.05) is 0 Å². The molecule has 5 nitrogen and oxygen atoms in total. The maximum Gasteiger partial charge on any atom is 0.243 e. The average molecular weight is 306 g/mol. The van der Waals surface area contributed by atoms with Crippen molar-refractivity contribution in [1.82, 2.24) is 4.72 Å². The van der Waals surface area contributed by atoms with Crippen molar-refractivity contribution in [3.05, 3.63) is 29.3 Å². The molecule has 0 saturated heterocycles. The first-order valence-corrected chi connectivity index (χ1v) is 7.59. The van der Waals surface area contributed by atoms with Crippen LogP contribution in [0.15, 0.2) is 17.0 Å². The van der Waals surface area contributed by atoms with E-state index < -0.39 is 38.7 Å². The minimum absolute atomic E-state index is 0.0142. The molecule has 0 unspecified atom stereocenters. The number of nitrogens with one attached hydrogen (secondary N) is 1. The van der Waals surface area contributed by atoms with Crippen LogP contribution in [0.25, 0.3) is 0 Å². The summed E-state index contributed by atoms with van der Waals surface area (Å²) in [6, 6.07) is 1.51. The average Bonchev–Trinajstić information content (AvgIpc) is 2.33. The molecule has 1 saturated carbocycles. The highest BCUT2D eigenvalue weighted by Crippen LogP contribution is 2.26. The molecule has 1 fully saturated rings. The van der Waals surface area contributed by atoms with Gasteiger partial charge < -0.3 is 10.5 Å². The van der Waals surface area contributed by atoms with Gasteiger partial charge in [-0.1, -0.05) is 0 Å². The lowest BCUT2D eigenvalue weighted by molar-refractivity contribution is 0.0236. The Morgan fingerprint density at radius 3 is 2.60 bits per heavy atom. The number of halogens is 2. The quantitative estimate of drug-likeness (QED) is 0.846. The molecule has 0 aliphatic heterocycles. The lowest BCUT2D eigenvalue weighted by atomic mass is 9.90. The molecule has 0 heterocycles. The van der Waals surface area contributed by atoms with Crippen LogP contribution in [-0.2, 0) is 21.3 Å². The Morgan fingerprint density at radius 2 is 2.05 bits per heavy atom. The van der Waals surface area contributed by atoms with E-state index in [9.17, 15) is 17.2 Å². The molecule has 20 heavy (non-hydrogen) atoms. The molecule has 8 heteroatoms. The highest BCUT2D eigenvalue weighted by Gasteiger charge is 2.34. The van der Waals surface area contributed by atoms with Crippen LogP contribution in [0.3, 0.4) is 0 Å². The third-order valence-corrected chi connectivity index (χ3v) is 4.93. The molecule has 2 rings (SSSR count). The second kappa shape index (κ2) is 5.72. The lowest BCUT2D eigenvalue weighted by Crippen LogP contribution is -2.47. The number of hydrogen-bond acceptors (Lipinski definition) is 4. The minimum atomic E-state index is -4.03. The van der Waals surface area contributed by atoms with Gasteiger partial charge in [-0.15, -0.1) is 0 Å². The van der Waals surface area contributed by atoms with Crippen molar-refractivity contribution in [3.8, 4) is 0 Å². The van der Waals surface area contributed by atoms with Crippen molar-refractivity contribution in [2.45, 2.75) is 36.4 Å². The first-order valence-electron chi connectivity index (χ1n) is 6.11. The standard InChI is InChI=1S/C12H16F2N2O3S/c1-19-8-4-7(5-8)16-20(17,18)11-3-2-10(13)9(6-15)12(11)14/h2-3,7-8,16H,4-6,15H2,1H3. The van der Waals surface area contributed by atoms with Crippen LogP contribution < -0.4 is 10.5 Å². The summed E-state index contributed by atoms with van der Waals surface area (Å²) >= 11 is 0. The normalized spacial score (nSPS) is 22.6. The molecule has 0 radical (unpaired) electrons. The minimum Gasteiger partial charge on any atom is -0.381 e. The van der Waals surface area contributed by atoms with Gasteiger partial charge in [-0.2, -0.15) is 0 Å². The Balaban J connectivity index is 2.22. The van der Waals surface area contributed by atoms with E-state index in [2.05, 4.69) is 4.72 Å². The number of ether oxygens (including phenoxy) is 1. The van der Waals surface area contributed by atoms with Gasteiger partial charge in [0.2, 0.25) is 10.0 Å². The predicted molar refractivity (Wildman–Crippen MR) is 68.4 cm³/mol. The van der Waals surface area contributed by atoms with Gasteiger partial charge >= 0.3 is 0 Å². The number of methoxy groups -OCH3 is 1. The van der Waals surface area contributed by atoms with E-state index in [1.165, 1.54) is 0 Å². The molecular weight excluding hydrogens is 290 g/mol. The lowest BCUT2D eigenvalue weighted by Gasteiger charge is -2.34. The van der Waals surface area contributed by atoms with Crippen molar-refractivity contribution in [2.75, 3.05) is 7.11 Å². The van der Waals surface area contributed by atoms with E-state index in [4.69, 9.17) is 10.5 Å². The summed E-state index contributed by atoms with van der Waals surface area (Å²) in [5.41, 5.74) is 4.79. The van der Waals surface area contributed by atoms with Gasteiger partial charge in [-0.3, -0.25) is 0 Å². The Kier molecular flexibility index (Phi) is 4.38. The Bertz CT molecular complexity index is 601. The van der Waals surface area contributed by atoms with Crippen molar-refractivity contribution < 1.29 is 21.9 Å². The summed E-state index contributed by atoms with van der Waals surface area (Å²) < 4.78 is 58.8. The van der Waals surface area contributed by atoms with Gasteiger partial charge in [-0.25, -0.2) is 21.9 Å². The first kappa shape index (κ1) is 15.3. The van der Waals surface area contributed by atoms with Gasteiger partial charge in [0, 0.05) is 25.3 Å². The molecule has 0 aromatic heterocycles. The Morgan fingerprint density at radius 1 is 1.40 bits per heavy atom. The van der Waals surface area contributed by atoms with Crippen molar-refractivity contribution >= 4 is 10.0 Å². The van der Waals surface area contributed by atoms with Gasteiger partial charge in [-0.05, 0) is 25.0 Å². The number of benzene rings is 1. The Hall–Kier alpha value is -1.09. The van der Waals surface area contributed by atoms with Crippen LogP contribution in [0.5, 0.6) is 0 Å². The monoisotopic (exact) mass is 306 g/mol. The summed E-state index contributed by atoms with van der Waals surface area (Å²) in [6.07, 6.45) is 1.07. The molecule has 0 atom stereocenters. The first-order chi connectivity index (χ1) is 9.39. The topological polar surface area (TPSA) is 81.4 Å². The number of nitrogens with two attached hydrogens (primary N) is 1. The van der Waals surface area contributed by atoms with Crippen molar-refractivity contribution in [1.29, 1.82) is 0 Å². The second-order valence-electron chi connectivity index (χ2n) is 4.69. The fraction of sp³-hybridized carbons (Fsp3) is 0.500. The highest BCUT2D eigenvalue weighted by molar-refractivity contribution is 7.89. The molecule has 3 N–H and O–H groups in total. The van der Waals surface area contributed by atoms with Crippen LogP contribution in [0.1, 0.15) is 18.4 Å². The van der Waals surface area contributed by atoms with Gasteiger partial charge in [0.15, 0.2) is 5.82 Å². The Labute approximate surface area is 116 Å². The van der Waals surface area contributed by atoms with E-state index in [0.29, 0.717) is 12.8 Å². The van der Waals surface area contributed by atoms with E-state index in [-0.39, 0.29) is 12.1 Å². The summed E-state index contributed by atoms with van der Waals surface area (Å²) in [5.74, 6) is -1.99. The van der Waals surface area contributed by atoms with Crippen LogP contribution in [0, 0.1) is 11.6 Å². The van der Waals surface area contributed by atoms with Crippen LogP contribution in [0.4, 0.5) is 8.78 Å². The predicted octanol–water partition coefficient (Wildman–Crippen LogP) is 0.879. The molecule has 1 aliphatic carbocycles. The van der Waals surface area contributed by atoms with Crippen LogP contribution >= 0.6 is 0 Å². The largest absolute Gasteiger partial charge is 0.381 e. The van der Waals surface area contributed by atoms with Gasteiger partial charge in [0.05, 0.1) is 6.10 Å². The van der Waals surface area contributed by atoms with Gasteiger partial charge in [0.25, 0.3) is 0 Å². The van der Waals surface area contributed by atoms with E-state index in [0.717, 1.165) is 12.1 Å². The van der Waals surface area contributed by atoms with Crippen LogP contribution in [0.2, 0.25) is 0 Å². The highest BCUT2D eigenvalue weighted by atomic mass is 32.2.